The summed E-state index contributed by atoms with van der Waals surface area (Å²) in [6.07, 6.45) is 0.168. The average molecular weight is 592 g/mol. The van der Waals surface area contributed by atoms with Crippen LogP contribution in [0.4, 0.5) is 10.5 Å². The van der Waals surface area contributed by atoms with Gasteiger partial charge < -0.3 is 24.6 Å². The highest BCUT2D eigenvalue weighted by Gasteiger charge is 2.39. The van der Waals surface area contributed by atoms with E-state index in [-0.39, 0.29) is 24.3 Å². The highest BCUT2D eigenvalue weighted by atomic mass is 16.6. The Morgan fingerprint density at radius 2 is 1.77 bits per heavy atom. The third-order valence-corrected chi connectivity index (χ3v) is 8.03. The molecule has 0 bridgehead atoms. The van der Waals surface area contributed by atoms with Gasteiger partial charge in [-0.3, -0.25) is 24.6 Å². The Morgan fingerprint density at radius 1 is 1.05 bits per heavy atom. The first kappa shape index (κ1) is 30.3. The number of hydrogen-bond acceptors (Lipinski definition) is 8. The van der Waals surface area contributed by atoms with Gasteiger partial charge in [0.05, 0.1) is 6.04 Å². The second-order valence-corrected chi connectivity index (χ2v) is 12.4. The minimum Gasteiger partial charge on any atom is -0.492 e. The predicted molar refractivity (Wildman–Crippen MR) is 161 cm³/mol. The lowest BCUT2D eigenvalue weighted by atomic mass is 10.0. The maximum atomic E-state index is 13.0. The monoisotopic (exact) mass is 591 g/mol. The summed E-state index contributed by atoms with van der Waals surface area (Å²) in [5, 5.41) is 5.20. The largest absolute Gasteiger partial charge is 0.492 e. The number of amides is 4. The van der Waals surface area contributed by atoms with E-state index in [0.29, 0.717) is 25.1 Å². The fourth-order valence-electron chi connectivity index (χ4n) is 5.70. The van der Waals surface area contributed by atoms with E-state index < -0.39 is 23.6 Å². The van der Waals surface area contributed by atoms with Crippen molar-refractivity contribution < 1.29 is 28.7 Å². The van der Waals surface area contributed by atoms with Crippen LogP contribution in [0.15, 0.2) is 42.5 Å². The van der Waals surface area contributed by atoms with Crippen molar-refractivity contribution in [2.45, 2.75) is 64.8 Å². The molecule has 2 fully saturated rings. The van der Waals surface area contributed by atoms with E-state index in [2.05, 4.69) is 26.5 Å². The molecule has 2 atom stereocenters. The van der Waals surface area contributed by atoms with Crippen molar-refractivity contribution in [2.24, 2.45) is 0 Å². The number of carbonyl (C=O) groups excluding carboxylic acids is 4. The van der Waals surface area contributed by atoms with Gasteiger partial charge in [0.1, 0.15) is 24.0 Å². The van der Waals surface area contributed by atoms with Crippen molar-refractivity contribution in [3.8, 4) is 5.75 Å². The number of carbonyl (C=O) groups is 4. The fraction of sp³-hybridized carbons (Fsp3) is 0.500. The number of hydrogen-bond donors (Lipinski definition) is 2. The van der Waals surface area contributed by atoms with Crippen LogP contribution in [0.5, 0.6) is 5.75 Å². The minimum atomic E-state index is -0.602. The van der Waals surface area contributed by atoms with Crippen LogP contribution in [-0.2, 0) is 20.9 Å². The summed E-state index contributed by atoms with van der Waals surface area (Å²) in [7, 11) is 0. The van der Waals surface area contributed by atoms with Crippen molar-refractivity contribution in [3.05, 3.63) is 59.2 Å². The average Bonchev–Trinajstić information content (AvgIpc) is 3.28. The molecule has 2 saturated heterocycles. The van der Waals surface area contributed by atoms with Gasteiger partial charge in [-0.25, -0.2) is 4.79 Å². The molecule has 1 unspecified atom stereocenters. The van der Waals surface area contributed by atoms with Gasteiger partial charge in [0.25, 0.3) is 5.91 Å². The molecule has 11 heteroatoms. The second kappa shape index (κ2) is 12.6. The number of nitrogens with one attached hydrogen (secondary N) is 2. The lowest BCUT2D eigenvalue weighted by molar-refractivity contribution is -0.136. The lowest BCUT2D eigenvalue weighted by Gasteiger charge is -2.36. The third kappa shape index (κ3) is 7.45. The highest BCUT2D eigenvalue weighted by molar-refractivity contribution is 6.05. The molecule has 4 amide bonds. The maximum absolute atomic E-state index is 13.0. The van der Waals surface area contributed by atoms with Crippen LogP contribution in [0, 0.1) is 0 Å². The number of alkyl carbamates (subject to hydrolysis) is 1. The van der Waals surface area contributed by atoms with Gasteiger partial charge in [-0.1, -0.05) is 12.1 Å². The molecule has 230 valence electrons. The number of fused-ring (bicyclic) bond motifs is 1. The van der Waals surface area contributed by atoms with Crippen LogP contribution in [-0.4, -0.2) is 84.6 Å². The number of piperidine rings is 1. The van der Waals surface area contributed by atoms with E-state index in [1.54, 1.807) is 4.90 Å². The third-order valence-electron chi connectivity index (χ3n) is 8.03. The first-order valence-corrected chi connectivity index (χ1v) is 14.9. The fourth-order valence-corrected chi connectivity index (χ4v) is 5.70. The molecule has 0 aromatic heterocycles. The topological polar surface area (TPSA) is 121 Å². The Morgan fingerprint density at radius 3 is 2.44 bits per heavy atom. The molecule has 3 aliphatic rings. The maximum Gasteiger partial charge on any atom is 0.408 e. The summed E-state index contributed by atoms with van der Waals surface area (Å²) in [6.45, 7) is 12.7. The van der Waals surface area contributed by atoms with Gasteiger partial charge in [0, 0.05) is 56.9 Å². The van der Waals surface area contributed by atoms with Gasteiger partial charge in [-0.15, -0.1) is 0 Å². The molecular weight excluding hydrogens is 550 g/mol. The summed E-state index contributed by atoms with van der Waals surface area (Å²) >= 11 is 0. The van der Waals surface area contributed by atoms with Gasteiger partial charge >= 0.3 is 6.09 Å². The zero-order valence-corrected chi connectivity index (χ0v) is 25.4. The number of ether oxygens (including phenoxy) is 2. The van der Waals surface area contributed by atoms with Gasteiger partial charge in [0.15, 0.2) is 0 Å². The summed E-state index contributed by atoms with van der Waals surface area (Å²) in [5.74, 6) is -0.0430. The number of imide groups is 1. The molecule has 43 heavy (non-hydrogen) atoms. The van der Waals surface area contributed by atoms with E-state index in [9.17, 15) is 19.2 Å². The molecule has 0 aliphatic carbocycles. The van der Waals surface area contributed by atoms with Crippen LogP contribution in [0.25, 0.3) is 0 Å². The molecule has 11 nitrogen and oxygen atoms in total. The first-order chi connectivity index (χ1) is 20.5. The van der Waals surface area contributed by atoms with Crippen molar-refractivity contribution in [3.63, 3.8) is 0 Å². The Bertz CT molecular complexity index is 1360. The van der Waals surface area contributed by atoms with Crippen molar-refractivity contribution in [2.75, 3.05) is 44.2 Å². The molecule has 3 heterocycles. The first-order valence-electron chi connectivity index (χ1n) is 14.9. The molecule has 2 N–H and O–H groups in total. The minimum absolute atomic E-state index is 0.150. The van der Waals surface area contributed by atoms with Gasteiger partial charge in [0.2, 0.25) is 11.8 Å². The summed E-state index contributed by atoms with van der Waals surface area (Å²) < 4.78 is 11.3. The Labute approximate surface area is 252 Å². The standard InChI is InChI=1S/C32H41N5O6/c1-21(33-31(41)43-32(2,3)4)22-5-8-25(9-6-22)42-18-17-35-13-15-36(16-14-35)24-7-10-26-23(19-24)20-37(30(26)40)27-11-12-28(38)34-29(27)39/h5-10,19,21,27H,11-18,20H2,1-4H3,(H,33,41)(H,34,38,39)/t21-,27?/m1/s1. The molecule has 0 saturated carbocycles. The highest BCUT2D eigenvalue weighted by Crippen LogP contribution is 2.31. The number of nitrogens with zero attached hydrogens (tertiary/aromatic N) is 3. The Balaban J connectivity index is 1.05. The SMILES string of the molecule is C[C@@H](NC(=O)OC(C)(C)C)c1ccc(OCCN2CCN(c3ccc4c(c3)CN(C3CCC(=O)NC3=O)C4=O)CC2)cc1. The Kier molecular flexibility index (Phi) is 8.91. The van der Waals surface area contributed by atoms with Crippen molar-refractivity contribution in [1.29, 1.82) is 0 Å². The van der Waals surface area contributed by atoms with Crippen LogP contribution in [0.1, 0.15) is 68.1 Å². The quantitative estimate of drug-likeness (QED) is 0.449. The van der Waals surface area contributed by atoms with Crippen LogP contribution in [0.2, 0.25) is 0 Å². The van der Waals surface area contributed by atoms with E-state index in [4.69, 9.17) is 9.47 Å². The molecule has 0 radical (unpaired) electrons. The molecule has 5 rings (SSSR count). The van der Waals surface area contributed by atoms with E-state index in [0.717, 1.165) is 55.3 Å². The number of anilines is 1. The zero-order chi connectivity index (χ0) is 30.7. The molecule has 2 aromatic carbocycles. The number of rotatable bonds is 8. The summed E-state index contributed by atoms with van der Waals surface area (Å²) in [5.41, 5.74) is 3.05. The second-order valence-electron chi connectivity index (χ2n) is 12.4. The van der Waals surface area contributed by atoms with Crippen molar-refractivity contribution >= 4 is 29.5 Å². The normalized spacial score (nSPS) is 20.0. The number of benzene rings is 2. The van der Waals surface area contributed by atoms with E-state index >= 15 is 0 Å². The summed E-state index contributed by atoms with van der Waals surface area (Å²) in [4.78, 5) is 55.2. The number of piperazine rings is 1. The van der Waals surface area contributed by atoms with E-state index in [1.807, 2.05) is 64.1 Å². The van der Waals surface area contributed by atoms with Gasteiger partial charge in [-0.2, -0.15) is 0 Å². The van der Waals surface area contributed by atoms with Crippen LogP contribution < -0.4 is 20.3 Å². The molecule has 0 spiro atoms. The van der Waals surface area contributed by atoms with E-state index in [1.165, 1.54) is 0 Å². The Hall–Kier alpha value is -4.12. The zero-order valence-electron chi connectivity index (χ0n) is 25.4. The molecule has 3 aliphatic heterocycles. The van der Waals surface area contributed by atoms with Crippen LogP contribution >= 0.6 is 0 Å². The molecule has 2 aromatic rings. The molecular formula is C32H41N5O6. The van der Waals surface area contributed by atoms with Gasteiger partial charge in [-0.05, 0) is 75.6 Å². The predicted octanol–water partition coefficient (Wildman–Crippen LogP) is 3.23. The lowest BCUT2D eigenvalue weighted by Crippen LogP contribution is -2.52. The summed E-state index contributed by atoms with van der Waals surface area (Å²) in [6, 6.07) is 12.8. The van der Waals surface area contributed by atoms with Crippen molar-refractivity contribution in [1.82, 2.24) is 20.4 Å². The smallest absolute Gasteiger partial charge is 0.408 e. The van der Waals surface area contributed by atoms with Crippen LogP contribution in [0.3, 0.4) is 0 Å².